The van der Waals surface area contributed by atoms with E-state index < -0.39 is 5.82 Å². The van der Waals surface area contributed by atoms with Crippen molar-refractivity contribution in [3.63, 3.8) is 0 Å². The first-order valence-electron chi connectivity index (χ1n) is 4.94. The molecule has 0 amide bonds. The highest BCUT2D eigenvalue weighted by Gasteiger charge is 1.99. The van der Waals surface area contributed by atoms with E-state index in [2.05, 4.69) is 10.7 Å². The maximum atomic E-state index is 12.9. The highest BCUT2D eigenvalue weighted by Crippen LogP contribution is 2.14. The molecule has 1 aromatic carbocycles. The molecule has 2 N–H and O–H groups in total. The number of benzene rings is 1. The molecule has 0 saturated heterocycles. The first kappa shape index (κ1) is 11.1. The number of nitrogens with one attached hydrogen (secondary N) is 1. The van der Waals surface area contributed by atoms with E-state index in [4.69, 9.17) is 0 Å². The highest BCUT2D eigenvalue weighted by molar-refractivity contribution is 7.07. The molecule has 2 nitrogen and oxygen atoms in total. The average Bonchev–Trinajstić information content (AvgIpc) is 2.69. The van der Waals surface area contributed by atoms with Crippen molar-refractivity contribution in [1.82, 2.24) is 5.32 Å². The molecular weight excluding hydrogens is 225 g/mol. The Balaban J connectivity index is 1.89. The molecule has 2 rings (SSSR count). The first-order valence-corrected chi connectivity index (χ1v) is 5.88. The number of halogens is 1. The summed E-state index contributed by atoms with van der Waals surface area (Å²) in [4.78, 5) is 0. The van der Waals surface area contributed by atoms with Crippen molar-refractivity contribution in [2.75, 3.05) is 0 Å². The summed E-state index contributed by atoms with van der Waals surface area (Å²) in [7, 11) is 0. The molecule has 16 heavy (non-hydrogen) atoms. The lowest BCUT2D eigenvalue weighted by molar-refractivity contribution is 0.467. The third-order valence-corrected chi connectivity index (χ3v) is 2.91. The second-order valence-electron chi connectivity index (χ2n) is 3.55. The number of aromatic hydroxyl groups is 1. The molecule has 0 saturated carbocycles. The van der Waals surface area contributed by atoms with E-state index in [-0.39, 0.29) is 5.75 Å². The quantitative estimate of drug-likeness (QED) is 0.857. The predicted octanol–water partition coefficient (Wildman–Crippen LogP) is 2.88. The Labute approximate surface area is 97.4 Å². The molecule has 0 bridgehead atoms. The lowest BCUT2D eigenvalue weighted by Crippen LogP contribution is -2.12. The van der Waals surface area contributed by atoms with E-state index in [1.165, 1.54) is 11.6 Å². The Bertz CT molecular complexity index is 436. The van der Waals surface area contributed by atoms with E-state index in [1.807, 2.05) is 11.4 Å². The van der Waals surface area contributed by atoms with Crippen LogP contribution in [0.4, 0.5) is 4.39 Å². The van der Waals surface area contributed by atoms with Gasteiger partial charge in [-0.15, -0.1) is 0 Å². The van der Waals surface area contributed by atoms with Crippen LogP contribution in [-0.4, -0.2) is 5.11 Å². The lowest BCUT2D eigenvalue weighted by Gasteiger charge is -2.04. The van der Waals surface area contributed by atoms with Crippen LogP contribution in [0.25, 0.3) is 0 Å². The summed E-state index contributed by atoms with van der Waals surface area (Å²) in [6.45, 7) is 1.29. The molecule has 0 unspecified atom stereocenters. The third-order valence-electron chi connectivity index (χ3n) is 2.18. The maximum absolute atomic E-state index is 12.9. The number of rotatable bonds is 4. The van der Waals surface area contributed by atoms with Gasteiger partial charge in [-0.25, -0.2) is 4.39 Å². The van der Waals surface area contributed by atoms with Crippen molar-refractivity contribution < 1.29 is 9.50 Å². The van der Waals surface area contributed by atoms with Gasteiger partial charge in [0.15, 0.2) is 0 Å². The largest absolute Gasteiger partial charge is 0.508 e. The second kappa shape index (κ2) is 5.09. The minimum atomic E-state index is -0.410. The van der Waals surface area contributed by atoms with Gasteiger partial charge in [0, 0.05) is 19.2 Å². The standard InChI is InChI=1S/C12H12FNOS/c13-11-3-10(4-12(15)5-11)7-14-6-9-1-2-16-8-9/h1-5,8,14-15H,6-7H2. The SMILES string of the molecule is Oc1cc(F)cc(CNCc2ccsc2)c1. The van der Waals surface area contributed by atoms with Crippen LogP contribution >= 0.6 is 11.3 Å². The van der Waals surface area contributed by atoms with Crippen molar-refractivity contribution in [2.24, 2.45) is 0 Å². The van der Waals surface area contributed by atoms with Gasteiger partial charge in [-0.3, -0.25) is 0 Å². The van der Waals surface area contributed by atoms with Gasteiger partial charge in [-0.05, 0) is 40.1 Å². The van der Waals surface area contributed by atoms with Crippen molar-refractivity contribution in [3.05, 3.63) is 52.0 Å². The Kier molecular flexibility index (Phi) is 3.54. The van der Waals surface area contributed by atoms with Crippen LogP contribution in [0, 0.1) is 5.82 Å². The number of phenols is 1. The van der Waals surface area contributed by atoms with Crippen LogP contribution in [0.2, 0.25) is 0 Å². The van der Waals surface area contributed by atoms with Crippen LogP contribution in [-0.2, 0) is 13.1 Å². The molecule has 0 fully saturated rings. The fraction of sp³-hybridized carbons (Fsp3) is 0.167. The van der Waals surface area contributed by atoms with Gasteiger partial charge in [-0.2, -0.15) is 11.3 Å². The van der Waals surface area contributed by atoms with Crippen molar-refractivity contribution in [2.45, 2.75) is 13.1 Å². The highest BCUT2D eigenvalue weighted by atomic mass is 32.1. The molecule has 1 heterocycles. The second-order valence-corrected chi connectivity index (χ2v) is 4.33. The number of hydrogen-bond acceptors (Lipinski definition) is 3. The number of hydrogen-bond donors (Lipinski definition) is 2. The van der Waals surface area contributed by atoms with Gasteiger partial charge in [-0.1, -0.05) is 0 Å². The van der Waals surface area contributed by atoms with Gasteiger partial charge in [0.2, 0.25) is 0 Å². The van der Waals surface area contributed by atoms with Gasteiger partial charge in [0.25, 0.3) is 0 Å². The summed E-state index contributed by atoms with van der Waals surface area (Å²) in [5, 5.41) is 16.5. The van der Waals surface area contributed by atoms with E-state index in [0.29, 0.717) is 6.54 Å². The summed E-state index contributed by atoms with van der Waals surface area (Å²) in [5.41, 5.74) is 1.96. The molecule has 0 spiro atoms. The Morgan fingerprint density at radius 2 is 2.00 bits per heavy atom. The van der Waals surface area contributed by atoms with Crippen molar-refractivity contribution >= 4 is 11.3 Å². The Morgan fingerprint density at radius 1 is 1.19 bits per heavy atom. The molecule has 84 valence electrons. The molecule has 0 atom stereocenters. The van der Waals surface area contributed by atoms with Crippen LogP contribution in [0.15, 0.2) is 35.0 Å². The average molecular weight is 237 g/mol. The molecule has 4 heteroatoms. The van der Waals surface area contributed by atoms with Crippen LogP contribution < -0.4 is 5.32 Å². The topological polar surface area (TPSA) is 32.3 Å². The minimum absolute atomic E-state index is 0.0349. The monoisotopic (exact) mass is 237 g/mol. The van der Waals surface area contributed by atoms with E-state index in [1.54, 1.807) is 17.4 Å². The maximum Gasteiger partial charge on any atom is 0.127 e. The van der Waals surface area contributed by atoms with Gasteiger partial charge in [0.1, 0.15) is 11.6 Å². The van der Waals surface area contributed by atoms with Gasteiger partial charge in [0.05, 0.1) is 0 Å². The molecule has 0 aliphatic rings. The zero-order valence-electron chi connectivity index (χ0n) is 8.61. The number of phenolic OH excluding ortho intramolecular Hbond substituents is 1. The minimum Gasteiger partial charge on any atom is -0.508 e. The molecule has 1 aromatic heterocycles. The summed E-state index contributed by atoms with van der Waals surface area (Å²) >= 11 is 1.65. The van der Waals surface area contributed by atoms with Crippen molar-refractivity contribution in [3.8, 4) is 5.75 Å². The summed E-state index contributed by atoms with van der Waals surface area (Å²) in [6.07, 6.45) is 0. The van der Waals surface area contributed by atoms with Crippen LogP contribution in [0.3, 0.4) is 0 Å². The first-order chi connectivity index (χ1) is 7.74. The summed E-state index contributed by atoms with van der Waals surface area (Å²) < 4.78 is 12.9. The molecular formula is C12H12FNOS. The summed E-state index contributed by atoms with van der Waals surface area (Å²) in [5.74, 6) is -0.445. The fourth-order valence-electron chi connectivity index (χ4n) is 1.48. The summed E-state index contributed by atoms with van der Waals surface area (Å²) in [6, 6.07) is 6.12. The fourth-order valence-corrected chi connectivity index (χ4v) is 2.15. The zero-order chi connectivity index (χ0) is 11.4. The molecule has 0 aliphatic carbocycles. The zero-order valence-corrected chi connectivity index (χ0v) is 9.43. The van der Waals surface area contributed by atoms with E-state index >= 15 is 0 Å². The van der Waals surface area contributed by atoms with Crippen LogP contribution in [0.1, 0.15) is 11.1 Å². The van der Waals surface area contributed by atoms with E-state index in [0.717, 1.165) is 18.2 Å². The predicted molar refractivity (Wildman–Crippen MR) is 62.9 cm³/mol. The van der Waals surface area contributed by atoms with Crippen LogP contribution in [0.5, 0.6) is 5.75 Å². The Morgan fingerprint density at radius 3 is 2.69 bits per heavy atom. The Hall–Kier alpha value is -1.39. The smallest absolute Gasteiger partial charge is 0.127 e. The van der Waals surface area contributed by atoms with Crippen molar-refractivity contribution in [1.29, 1.82) is 0 Å². The third kappa shape index (κ3) is 3.05. The molecule has 0 aliphatic heterocycles. The molecule has 0 radical (unpaired) electrons. The van der Waals surface area contributed by atoms with Gasteiger partial charge >= 0.3 is 0 Å². The normalized spacial score (nSPS) is 10.6. The lowest BCUT2D eigenvalue weighted by atomic mass is 10.2. The molecule has 2 aromatic rings. The van der Waals surface area contributed by atoms with E-state index in [9.17, 15) is 9.50 Å². The van der Waals surface area contributed by atoms with Gasteiger partial charge < -0.3 is 10.4 Å². The number of thiophene rings is 1.